The number of anilines is 1. The van der Waals surface area contributed by atoms with E-state index in [1.165, 1.54) is 44.4 Å². The Bertz CT molecular complexity index is 806. The van der Waals surface area contributed by atoms with Crippen molar-refractivity contribution in [3.8, 4) is 0 Å². The number of carbonyl (C=O) groups excluding carboxylic acids is 2. The van der Waals surface area contributed by atoms with Crippen molar-refractivity contribution in [2.75, 3.05) is 11.8 Å². The number of esters is 1. The molecular weight excluding hydrogens is 326 g/mol. The Morgan fingerprint density at radius 2 is 1.77 bits per heavy atom. The highest BCUT2D eigenvalue weighted by Crippen LogP contribution is 2.26. The molecule has 0 fully saturated rings. The lowest BCUT2D eigenvalue weighted by Crippen LogP contribution is -2.15. The van der Waals surface area contributed by atoms with Gasteiger partial charge in [0.1, 0.15) is 4.88 Å². The molecule has 0 unspecified atom stereocenters. The largest absolute Gasteiger partial charge is 0.465 e. The minimum atomic E-state index is -3.85. The summed E-state index contributed by atoms with van der Waals surface area (Å²) in [4.78, 5) is 22.9. The Kier molecular flexibility index (Phi) is 4.62. The van der Waals surface area contributed by atoms with Crippen LogP contribution in [-0.2, 0) is 14.8 Å². The van der Waals surface area contributed by atoms with E-state index in [9.17, 15) is 18.0 Å². The predicted molar refractivity (Wildman–Crippen MR) is 82.9 cm³/mol. The van der Waals surface area contributed by atoms with Gasteiger partial charge >= 0.3 is 5.97 Å². The molecule has 8 heteroatoms. The van der Waals surface area contributed by atoms with Gasteiger partial charge in [0.25, 0.3) is 10.0 Å². The number of thiophene rings is 1. The second-order valence-electron chi connectivity index (χ2n) is 4.34. The zero-order valence-corrected chi connectivity index (χ0v) is 13.5. The van der Waals surface area contributed by atoms with Crippen LogP contribution in [0, 0.1) is 0 Å². The molecule has 6 nitrogen and oxygen atoms in total. The minimum Gasteiger partial charge on any atom is -0.465 e. The third-order valence-corrected chi connectivity index (χ3v) is 5.13. The molecule has 0 bridgehead atoms. The van der Waals surface area contributed by atoms with Gasteiger partial charge in [-0.3, -0.25) is 9.52 Å². The lowest BCUT2D eigenvalue weighted by molar-refractivity contribution is 0.0607. The van der Waals surface area contributed by atoms with Crippen molar-refractivity contribution in [1.29, 1.82) is 0 Å². The van der Waals surface area contributed by atoms with Gasteiger partial charge in [0.15, 0.2) is 5.78 Å². The Hall–Kier alpha value is -2.19. The Morgan fingerprint density at radius 3 is 2.32 bits per heavy atom. The fraction of sp³-hybridized carbons (Fsp3) is 0.143. The van der Waals surface area contributed by atoms with Gasteiger partial charge in [-0.15, -0.1) is 11.3 Å². The van der Waals surface area contributed by atoms with Gasteiger partial charge in [-0.05, 0) is 30.5 Å². The first kappa shape index (κ1) is 16.2. The summed E-state index contributed by atoms with van der Waals surface area (Å²) in [6.45, 7) is 1.40. The van der Waals surface area contributed by atoms with E-state index in [4.69, 9.17) is 0 Å². The second kappa shape index (κ2) is 6.29. The second-order valence-corrected chi connectivity index (χ2v) is 6.94. The summed E-state index contributed by atoms with van der Waals surface area (Å²) >= 11 is 1.08. The number of rotatable bonds is 5. The van der Waals surface area contributed by atoms with E-state index in [1.807, 2.05) is 0 Å². The normalized spacial score (nSPS) is 11.0. The number of Topliss-reactive ketones (excluding diaryl/α,β-unsaturated/α-hetero) is 1. The highest BCUT2D eigenvalue weighted by Gasteiger charge is 2.20. The molecule has 0 radical (unpaired) electrons. The van der Waals surface area contributed by atoms with Crippen LogP contribution in [0.2, 0.25) is 0 Å². The van der Waals surface area contributed by atoms with Crippen molar-refractivity contribution in [1.82, 2.24) is 0 Å². The molecule has 0 aliphatic carbocycles. The van der Waals surface area contributed by atoms with Crippen LogP contribution in [-0.4, -0.2) is 27.3 Å². The maximum atomic E-state index is 12.3. The highest BCUT2D eigenvalue weighted by atomic mass is 32.2. The molecule has 0 spiro atoms. The fourth-order valence-corrected chi connectivity index (χ4v) is 3.62. The van der Waals surface area contributed by atoms with Crippen molar-refractivity contribution in [3.05, 3.63) is 46.2 Å². The zero-order valence-electron chi connectivity index (χ0n) is 11.8. The van der Waals surface area contributed by atoms with Crippen LogP contribution in [0.1, 0.15) is 27.0 Å². The molecule has 0 saturated carbocycles. The molecule has 116 valence electrons. The van der Waals surface area contributed by atoms with Crippen molar-refractivity contribution < 1.29 is 22.7 Å². The first-order valence-electron chi connectivity index (χ1n) is 6.15. The summed E-state index contributed by atoms with van der Waals surface area (Å²) < 4.78 is 31.5. The monoisotopic (exact) mass is 339 g/mol. The molecule has 1 aromatic carbocycles. The van der Waals surface area contributed by atoms with Gasteiger partial charge in [0, 0.05) is 5.56 Å². The van der Waals surface area contributed by atoms with E-state index in [-0.39, 0.29) is 21.2 Å². The minimum absolute atomic E-state index is 0.000448. The van der Waals surface area contributed by atoms with Crippen LogP contribution < -0.4 is 4.72 Å². The number of sulfonamides is 1. The molecule has 0 aliphatic rings. The molecule has 0 saturated heterocycles. The maximum Gasteiger partial charge on any atom is 0.350 e. The quantitative estimate of drug-likeness (QED) is 0.668. The maximum absolute atomic E-state index is 12.3. The average Bonchev–Trinajstić information content (AvgIpc) is 2.94. The summed E-state index contributed by atoms with van der Waals surface area (Å²) in [5, 5.41) is 1.59. The Morgan fingerprint density at radius 1 is 1.14 bits per heavy atom. The van der Waals surface area contributed by atoms with Gasteiger partial charge in [-0.1, -0.05) is 12.1 Å². The molecule has 22 heavy (non-hydrogen) atoms. The summed E-state index contributed by atoms with van der Waals surface area (Å²) in [5.41, 5.74) is 0.581. The van der Waals surface area contributed by atoms with Gasteiger partial charge in [0.05, 0.1) is 17.7 Å². The summed E-state index contributed by atoms with van der Waals surface area (Å²) in [6, 6.07) is 7.03. The smallest absolute Gasteiger partial charge is 0.350 e. The third kappa shape index (κ3) is 3.34. The number of carbonyl (C=O) groups is 2. The number of ketones is 1. The molecule has 1 aromatic heterocycles. The van der Waals surface area contributed by atoms with E-state index in [2.05, 4.69) is 9.46 Å². The molecule has 1 N–H and O–H groups in total. The Labute approximate surface area is 131 Å². The number of ether oxygens (including phenoxy) is 1. The predicted octanol–water partition coefficient (Wildman–Crippen LogP) is 2.54. The van der Waals surface area contributed by atoms with Gasteiger partial charge < -0.3 is 4.74 Å². The first-order chi connectivity index (χ1) is 10.3. The van der Waals surface area contributed by atoms with Crippen molar-refractivity contribution in [3.63, 3.8) is 0 Å². The van der Waals surface area contributed by atoms with Crippen molar-refractivity contribution >= 4 is 38.8 Å². The molecule has 2 rings (SSSR count). The molecule has 1 heterocycles. The number of hydrogen-bond donors (Lipinski definition) is 1. The van der Waals surface area contributed by atoms with E-state index in [1.54, 1.807) is 5.38 Å². The zero-order chi connectivity index (χ0) is 16.3. The van der Waals surface area contributed by atoms with Crippen molar-refractivity contribution in [2.24, 2.45) is 0 Å². The van der Waals surface area contributed by atoms with Crippen LogP contribution in [0.3, 0.4) is 0 Å². The fourth-order valence-electron chi connectivity index (χ4n) is 1.71. The standard InChI is InChI=1S/C14H13NO5S2/c1-9(16)10-3-5-11(6-4-10)22(18,19)15-12-7-8-21-13(12)14(17)20-2/h3-8,15H,1-2H3. The van der Waals surface area contributed by atoms with Crippen LogP contribution in [0.25, 0.3) is 0 Å². The van der Waals surface area contributed by atoms with Crippen LogP contribution in [0.15, 0.2) is 40.6 Å². The first-order valence-corrected chi connectivity index (χ1v) is 8.51. The van der Waals surface area contributed by atoms with Crippen LogP contribution in [0.5, 0.6) is 0 Å². The van der Waals surface area contributed by atoms with E-state index in [0.717, 1.165) is 11.3 Å². The average molecular weight is 339 g/mol. The summed E-state index contributed by atoms with van der Waals surface area (Å²) in [6.07, 6.45) is 0. The van der Waals surface area contributed by atoms with Crippen molar-refractivity contribution in [2.45, 2.75) is 11.8 Å². The highest BCUT2D eigenvalue weighted by molar-refractivity contribution is 7.92. The number of hydrogen-bond acceptors (Lipinski definition) is 6. The summed E-state index contributed by atoms with van der Waals surface area (Å²) in [7, 11) is -2.63. The molecule has 0 amide bonds. The van der Waals surface area contributed by atoms with Gasteiger partial charge in [-0.2, -0.15) is 0 Å². The SMILES string of the molecule is COC(=O)c1sccc1NS(=O)(=O)c1ccc(C(C)=O)cc1. The van der Waals surface area contributed by atoms with Crippen LogP contribution >= 0.6 is 11.3 Å². The van der Waals surface area contributed by atoms with Gasteiger partial charge in [-0.25, -0.2) is 13.2 Å². The van der Waals surface area contributed by atoms with E-state index < -0.39 is 16.0 Å². The topological polar surface area (TPSA) is 89.5 Å². The number of benzene rings is 1. The molecule has 2 aromatic rings. The molecular formula is C14H13NO5S2. The lowest BCUT2D eigenvalue weighted by atomic mass is 10.2. The molecule has 0 atom stereocenters. The number of nitrogens with one attached hydrogen (secondary N) is 1. The number of methoxy groups -OCH3 is 1. The van der Waals surface area contributed by atoms with Gasteiger partial charge in [0.2, 0.25) is 0 Å². The van der Waals surface area contributed by atoms with E-state index in [0.29, 0.717) is 5.56 Å². The summed E-state index contributed by atoms with van der Waals surface area (Å²) in [5.74, 6) is -0.762. The third-order valence-electron chi connectivity index (χ3n) is 2.85. The lowest BCUT2D eigenvalue weighted by Gasteiger charge is -2.08. The molecule has 0 aliphatic heterocycles. The van der Waals surface area contributed by atoms with E-state index >= 15 is 0 Å². The van der Waals surface area contributed by atoms with Crippen LogP contribution in [0.4, 0.5) is 5.69 Å². The Balaban J connectivity index is 2.30.